The average Bonchev–Trinajstić information content (AvgIpc) is 2.79. The zero-order chi connectivity index (χ0) is 17.7. The minimum Gasteiger partial charge on any atom is -0.497 e. The van der Waals surface area contributed by atoms with Gasteiger partial charge in [-0.25, -0.2) is 4.79 Å². The summed E-state index contributed by atoms with van der Waals surface area (Å²) in [5.41, 5.74) is -0.575. The molecule has 1 atom stereocenters. The van der Waals surface area contributed by atoms with E-state index in [9.17, 15) is 14.4 Å². The number of carbonyl (C=O) groups excluding carboxylic acids is 3. The van der Waals surface area contributed by atoms with E-state index in [2.05, 4.69) is 16.0 Å². The Morgan fingerprint density at radius 1 is 1.25 bits per heavy atom. The van der Waals surface area contributed by atoms with Crippen molar-refractivity contribution in [3.63, 3.8) is 0 Å². The van der Waals surface area contributed by atoms with E-state index >= 15 is 0 Å². The first-order valence-electron chi connectivity index (χ1n) is 7.62. The topological polar surface area (TPSA) is 99.8 Å². The normalized spacial score (nSPS) is 20.0. The summed E-state index contributed by atoms with van der Waals surface area (Å²) in [5.74, 6) is -0.186. The number of nitrogens with one attached hydrogen (secondary N) is 3. The number of methoxy groups -OCH3 is 1. The van der Waals surface area contributed by atoms with Crippen LogP contribution in [0.5, 0.6) is 5.75 Å². The lowest BCUT2D eigenvalue weighted by Crippen LogP contribution is -2.44. The molecular formula is C16H22N4O4. The molecular weight excluding hydrogens is 312 g/mol. The number of hydrogen-bond acceptors (Lipinski definition) is 5. The summed E-state index contributed by atoms with van der Waals surface area (Å²) in [6, 6.07) is 6.28. The van der Waals surface area contributed by atoms with Crippen molar-refractivity contribution < 1.29 is 19.1 Å². The van der Waals surface area contributed by atoms with Gasteiger partial charge < -0.3 is 20.7 Å². The fourth-order valence-corrected chi connectivity index (χ4v) is 2.49. The van der Waals surface area contributed by atoms with Gasteiger partial charge in [-0.3, -0.25) is 14.5 Å². The predicted molar refractivity (Wildman–Crippen MR) is 87.5 cm³/mol. The summed E-state index contributed by atoms with van der Waals surface area (Å²) in [4.78, 5) is 37.6. The van der Waals surface area contributed by atoms with Crippen LogP contribution in [-0.2, 0) is 15.1 Å². The molecule has 2 rings (SSSR count). The van der Waals surface area contributed by atoms with Crippen molar-refractivity contribution in [2.45, 2.75) is 12.5 Å². The summed E-state index contributed by atoms with van der Waals surface area (Å²) in [6.07, 6.45) is 0. The molecule has 8 nitrogen and oxygen atoms in total. The van der Waals surface area contributed by atoms with Crippen molar-refractivity contribution in [2.75, 3.05) is 33.8 Å². The van der Waals surface area contributed by atoms with Gasteiger partial charge in [-0.05, 0) is 31.7 Å². The van der Waals surface area contributed by atoms with E-state index in [0.717, 1.165) is 4.90 Å². The molecule has 0 saturated carbocycles. The number of carbonyl (C=O) groups is 3. The Morgan fingerprint density at radius 2 is 1.92 bits per heavy atom. The Labute approximate surface area is 140 Å². The molecule has 130 valence electrons. The summed E-state index contributed by atoms with van der Waals surface area (Å²) in [5, 5.41) is 8.20. The van der Waals surface area contributed by atoms with Gasteiger partial charge >= 0.3 is 6.03 Å². The molecule has 4 amide bonds. The highest BCUT2D eigenvalue weighted by Gasteiger charge is 2.49. The van der Waals surface area contributed by atoms with Crippen molar-refractivity contribution in [1.29, 1.82) is 0 Å². The number of urea groups is 1. The van der Waals surface area contributed by atoms with Crippen molar-refractivity contribution in [1.82, 2.24) is 20.9 Å². The Hall–Kier alpha value is -2.61. The first-order valence-corrected chi connectivity index (χ1v) is 7.62. The molecule has 0 radical (unpaired) electrons. The van der Waals surface area contributed by atoms with Crippen LogP contribution < -0.4 is 20.7 Å². The molecule has 1 aromatic carbocycles. The second-order valence-corrected chi connectivity index (χ2v) is 5.63. The smallest absolute Gasteiger partial charge is 0.325 e. The lowest BCUT2D eigenvalue weighted by molar-refractivity contribution is -0.134. The number of benzene rings is 1. The van der Waals surface area contributed by atoms with Crippen LogP contribution in [0.3, 0.4) is 0 Å². The maximum Gasteiger partial charge on any atom is 0.325 e. The van der Waals surface area contributed by atoms with Gasteiger partial charge in [-0.2, -0.15) is 0 Å². The first-order chi connectivity index (χ1) is 11.4. The molecule has 1 fully saturated rings. The van der Waals surface area contributed by atoms with Gasteiger partial charge in [-0.1, -0.05) is 12.1 Å². The van der Waals surface area contributed by atoms with E-state index in [1.165, 1.54) is 0 Å². The summed E-state index contributed by atoms with van der Waals surface area (Å²) in [7, 11) is 3.32. The third kappa shape index (κ3) is 3.48. The highest BCUT2D eigenvalue weighted by molar-refractivity contribution is 6.09. The SMILES string of the molecule is CNCCNC(=O)CN1C(=O)NC(C)(c2ccc(OC)cc2)C1=O. The highest BCUT2D eigenvalue weighted by Crippen LogP contribution is 2.29. The van der Waals surface area contributed by atoms with Crippen molar-refractivity contribution >= 4 is 17.8 Å². The molecule has 0 aliphatic carbocycles. The van der Waals surface area contributed by atoms with Gasteiger partial charge in [0.15, 0.2) is 0 Å². The van der Waals surface area contributed by atoms with Crippen molar-refractivity contribution in [2.24, 2.45) is 0 Å². The largest absolute Gasteiger partial charge is 0.497 e. The number of amides is 4. The summed E-state index contributed by atoms with van der Waals surface area (Å²) in [6.45, 7) is 2.35. The van der Waals surface area contributed by atoms with E-state index in [1.807, 2.05) is 0 Å². The number of rotatable bonds is 7. The van der Waals surface area contributed by atoms with Gasteiger partial charge in [0, 0.05) is 13.1 Å². The quantitative estimate of drug-likeness (QED) is 0.474. The van der Waals surface area contributed by atoms with Crippen LogP contribution in [0.2, 0.25) is 0 Å². The van der Waals surface area contributed by atoms with Gasteiger partial charge in [0.25, 0.3) is 5.91 Å². The monoisotopic (exact) mass is 334 g/mol. The van der Waals surface area contributed by atoms with E-state index in [1.54, 1.807) is 45.3 Å². The summed E-state index contributed by atoms with van der Waals surface area (Å²) >= 11 is 0. The number of nitrogens with zero attached hydrogens (tertiary/aromatic N) is 1. The number of imide groups is 1. The van der Waals surface area contributed by atoms with Crippen LogP contribution >= 0.6 is 0 Å². The molecule has 24 heavy (non-hydrogen) atoms. The fraction of sp³-hybridized carbons (Fsp3) is 0.438. The third-order valence-electron chi connectivity index (χ3n) is 3.94. The van der Waals surface area contributed by atoms with Crippen LogP contribution in [0.4, 0.5) is 4.79 Å². The molecule has 8 heteroatoms. The Balaban J connectivity index is 2.10. The molecule has 0 spiro atoms. The van der Waals surface area contributed by atoms with Crippen LogP contribution in [0.1, 0.15) is 12.5 Å². The van der Waals surface area contributed by atoms with Gasteiger partial charge in [-0.15, -0.1) is 0 Å². The lowest BCUT2D eigenvalue weighted by atomic mass is 9.92. The van der Waals surface area contributed by atoms with Gasteiger partial charge in [0.1, 0.15) is 17.8 Å². The number of hydrogen-bond donors (Lipinski definition) is 3. The molecule has 1 aliphatic heterocycles. The third-order valence-corrected chi connectivity index (χ3v) is 3.94. The van der Waals surface area contributed by atoms with E-state index in [4.69, 9.17) is 4.74 Å². The minimum atomic E-state index is -1.20. The van der Waals surface area contributed by atoms with E-state index in [-0.39, 0.29) is 12.5 Å². The Kier molecular flexibility index (Phi) is 5.40. The molecule has 0 aromatic heterocycles. The standard InChI is InChI=1S/C16H22N4O4/c1-16(11-4-6-12(24-3)7-5-11)14(22)20(15(23)19-16)10-13(21)18-9-8-17-2/h4-7,17H,8-10H2,1-3H3,(H,18,21)(H,19,23). The molecule has 1 saturated heterocycles. The fourth-order valence-electron chi connectivity index (χ4n) is 2.49. The zero-order valence-corrected chi connectivity index (χ0v) is 14.0. The second kappa shape index (κ2) is 7.31. The van der Waals surface area contributed by atoms with Crippen molar-refractivity contribution in [3.05, 3.63) is 29.8 Å². The lowest BCUT2D eigenvalue weighted by Gasteiger charge is -2.22. The maximum absolute atomic E-state index is 12.7. The Morgan fingerprint density at radius 3 is 2.50 bits per heavy atom. The summed E-state index contributed by atoms with van der Waals surface area (Å²) < 4.78 is 5.09. The molecule has 1 aromatic rings. The molecule has 1 heterocycles. The molecule has 1 unspecified atom stereocenters. The minimum absolute atomic E-state index is 0.305. The highest BCUT2D eigenvalue weighted by atomic mass is 16.5. The molecule has 0 bridgehead atoms. The van der Waals surface area contributed by atoms with Crippen LogP contribution in [0.25, 0.3) is 0 Å². The number of likely N-dealkylation sites (N-methyl/N-ethyl adjacent to an activating group) is 1. The second-order valence-electron chi connectivity index (χ2n) is 5.63. The van der Waals surface area contributed by atoms with Crippen LogP contribution in [-0.4, -0.2) is 56.5 Å². The predicted octanol–water partition coefficient (Wildman–Crippen LogP) is -0.202. The first kappa shape index (κ1) is 17.7. The van der Waals surface area contributed by atoms with Gasteiger partial charge in [0.05, 0.1) is 7.11 Å². The average molecular weight is 334 g/mol. The molecule has 3 N–H and O–H groups in total. The maximum atomic E-state index is 12.7. The molecule has 1 aliphatic rings. The van der Waals surface area contributed by atoms with Crippen molar-refractivity contribution in [3.8, 4) is 5.75 Å². The van der Waals surface area contributed by atoms with Crippen LogP contribution in [0, 0.1) is 0 Å². The number of ether oxygens (including phenoxy) is 1. The van der Waals surface area contributed by atoms with E-state index < -0.39 is 17.5 Å². The van der Waals surface area contributed by atoms with E-state index in [0.29, 0.717) is 24.4 Å². The van der Waals surface area contributed by atoms with Crippen LogP contribution in [0.15, 0.2) is 24.3 Å². The zero-order valence-electron chi connectivity index (χ0n) is 14.0. The van der Waals surface area contributed by atoms with Gasteiger partial charge in [0.2, 0.25) is 5.91 Å². The Bertz CT molecular complexity index is 631.